The molecule has 0 radical (unpaired) electrons. The molecule has 0 aliphatic carbocycles. The highest BCUT2D eigenvalue weighted by atomic mass is 32.2. The van der Waals surface area contributed by atoms with Crippen molar-refractivity contribution in [1.29, 1.82) is 0 Å². The van der Waals surface area contributed by atoms with Gasteiger partial charge in [0.15, 0.2) is 6.29 Å². The third-order valence-corrected chi connectivity index (χ3v) is 9.93. The van der Waals surface area contributed by atoms with E-state index < -0.39 is 16.3 Å². The summed E-state index contributed by atoms with van der Waals surface area (Å²) < 4.78 is 46.6. The first-order valence-corrected chi connectivity index (χ1v) is 16.2. The molecule has 4 atom stereocenters. The third-order valence-electron chi connectivity index (χ3n) is 7.37. The van der Waals surface area contributed by atoms with E-state index in [4.69, 9.17) is 14.2 Å². The van der Waals surface area contributed by atoms with Gasteiger partial charge in [0.05, 0.1) is 30.8 Å². The van der Waals surface area contributed by atoms with Crippen LogP contribution >= 0.6 is 11.8 Å². The lowest BCUT2D eigenvalue weighted by molar-refractivity contribution is -0.268. The van der Waals surface area contributed by atoms with Crippen LogP contribution in [0.5, 0.6) is 5.75 Å². The summed E-state index contributed by atoms with van der Waals surface area (Å²) in [6.45, 7) is 2.29. The number of sulfonamides is 1. The van der Waals surface area contributed by atoms with Crippen molar-refractivity contribution in [2.75, 3.05) is 12.9 Å². The van der Waals surface area contributed by atoms with Crippen molar-refractivity contribution < 1.29 is 27.7 Å². The number of ether oxygens (including phenoxy) is 3. The first-order chi connectivity index (χ1) is 20.4. The van der Waals surface area contributed by atoms with E-state index in [1.165, 1.54) is 0 Å². The molecule has 42 heavy (non-hydrogen) atoms. The number of nitrogens with one attached hydrogen (secondary N) is 1. The van der Waals surface area contributed by atoms with Crippen molar-refractivity contribution in [2.24, 2.45) is 5.92 Å². The Bertz CT molecular complexity index is 1550. The lowest BCUT2D eigenvalue weighted by Gasteiger charge is -2.41. The Hall–Kier alpha value is -3.18. The summed E-state index contributed by atoms with van der Waals surface area (Å²) in [7, 11) is -1.93. The zero-order valence-electron chi connectivity index (χ0n) is 23.6. The second-order valence-corrected chi connectivity index (χ2v) is 13.0. The van der Waals surface area contributed by atoms with Crippen molar-refractivity contribution in [3.63, 3.8) is 0 Å². The fraction of sp³-hybridized carbons (Fsp3) is 0.273. The number of methoxy groups -OCH3 is 1. The van der Waals surface area contributed by atoms with Crippen LogP contribution in [-0.2, 0) is 32.6 Å². The quantitative estimate of drug-likeness (QED) is 0.195. The molecular weight excluding hydrogens is 570 g/mol. The molecule has 1 aliphatic heterocycles. The molecule has 4 aromatic carbocycles. The molecular formula is C33H35NO6S2. The zero-order valence-corrected chi connectivity index (χ0v) is 25.2. The van der Waals surface area contributed by atoms with Crippen LogP contribution in [0.25, 0.3) is 0 Å². The lowest BCUT2D eigenvalue weighted by atomic mass is 9.91. The Morgan fingerprint density at radius 3 is 2.17 bits per heavy atom. The van der Waals surface area contributed by atoms with Gasteiger partial charge < -0.3 is 19.3 Å². The van der Waals surface area contributed by atoms with Crippen LogP contribution in [0.3, 0.4) is 0 Å². The van der Waals surface area contributed by atoms with Gasteiger partial charge >= 0.3 is 0 Å². The number of benzene rings is 4. The fourth-order valence-corrected chi connectivity index (χ4v) is 7.11. The molecule has 1 saturated heterocycles. The van der Waals surface area contributed by atoms with Crippen molar-refractivity contribution in [3.8, 4) is 5.75 Å². The molecule has 0 bridgehead atoms. The minimum atomic E-state index is -3.61. The molecule has 5 rings (SSSR count). The summed E-state index contributed by atoms with van der Waals surface area (Å²) in [5, 5.41) is 9.51. The van der Waals surface area contributed by atoms with Crippen LogP contribution in [0.2, 0.25) is 0 Å². The minimum Gasteiger partial charge on any atom is -0.496 e. The van der Waals surface area contributed by atoms with Crippen molar-refractivity contribution >= 4 is 21.8 Å². The van der Waals surface area contributed by atoms with Crippen molar-refractivity contribution in [3.05, 3.63) is 125 Å². The molecule has 1 heterocycles. The topological polar surface area (TPSA) is 94.1 Å². The molecule has 1 aliphatic rings. The van der Waals surface area contributed by atoms with Crippen LogP contribution in [-0.4, -0.2) is 32.5 Å². The standard InChI is InChI=1S/C33H35NO6S2/c1-23-30(22-41-31-11-7-6-10-29(31)38-2)39-33(40-32(23)26-16-14-25(21-35)15-17-26)27-18-12-24(13-19-27)20-34-42(36,37)28-8-4-3-5-9-28/h3-19,23,30,32-35H,20-22H2,1-2H3/t23-,30+,32+,33+/m0/s1. The van der Waals surface area contributed by atoms with Crippen LogP contribution in [0.4, 0.5) is 0 Å². The van der Waals surface area contributed by atoms with Gasteiger partial charge in [0.2, 0.25) is 10.0 Å². The molecule has 0 saturated carbocycles. The van der Waals surface area contributed by atoms with E-state index in [9.17, 15) is 13.5 Å². The molecule has 9 heteroatoms. The largest absolute Gasteiger partial charge is 0.496 e. The summed E-state index contributed by atoms with van der Waals surface area (Å²) in [6.07, 6.45) is -0.960. The summed E-state index contributed by atoms with van der Waals surface area (Å²) in [5.74, 6) is 1.58. The van der Waals surface area contributed by atoms with Gasteiger partial charge in [-0.2, -0.15) is 0 Å². The van der Waals surface area contributed by atoms with E-state index in [0.29, 0.717) is 5.75 Å². The average Bonchev–Trinajstić information content (AvgIpc) is 3.04. The molecule has 2 N–H and O–H groups in total. The molecule has 0 spiro atoms. The van der Waals surface area contributed by atoms with Gasteiger partial charge in [-0.05, 0) is 41.0 Å². The van der Waals surface area contributed by atoms with E-state index in [1.807, 2.05) is 72.8 Å². The Balaban J connectivity index is 1.33. The molecule has 7 nitrogen and oxygen atoms in total. The zero-order chi connectivity index (χ0) is 29.5. The number of hydrogen-bond donors (Lipinski definition) is 2. The monoisotopic (exact) mass is 605 g/mol. The first kappa shape index (κ1) is 30.3. The SMILES string of the molecule is COc1ccccc1SC[C@H]1O[C@@H](c2ccc(CNS(=O)(=O)c3ccccc3)cc2)O[C@@H](c2ccc(CO)cc2)[C@H]1C. The van der Waals surface area contributed by atoms with E-state index in [2.05, 4.69) is 11.6 Å². The molecule has 0 amide bonds. The van der Waals surface area contributed by atoms with Gasteiger partial charge in [0, 0.05) is 28.7 Å². The van der Waals surface area contributed by atoms with Gasteiger partial charge in [-0.15, -0.1) is 11.8 Å². The highest BCUT2D eigenvalue weighted by Crippen LogP contribution is 2.43. The van der Waals surface area contributed by atoms with E-state index in [1.54, 1.807) is 49.2 Å². The molecule has 0 unspecified atom stereocenters. The maximum atomic E-state index is 12.6. The third kappa shape index (κ3) is 7.23. The smallest absolute Gasteiger partial charge is 0.240 e. The Kier molecular flexibility index (Phi) is 9.99. The number of para-hydroxylation sites is 1. The average molecular weight is 606 g/mol. The number of thioether (sulfide) groups is 1. The summed E-state index contributed by atoms with van der Waals surface area (Å²) in [5.41, 5.74) is 3.53. The van der Waals surface area contributed by atoms with Crippen molar-refractivity contribution in [2.45, 2.75) is 48.4 Å². The van der Waals surface area contributed by atoms with Crippen LogP contribution < -0.4 is 9.46 Å². The van der Waals surface area contributed by atoms with Crippen LogP contribution in [0, 0.1) is 5.92 Å². The number of aliphatic hydroxyl groups is 1. The van der Waals surface area contributed by atoms with Gasteiger partial charge in [-0.1, -0.05) is 85.8 Å². The van der Waals surface area contributed by atoms with E-state index >= 15 is 0 Å². The van der Waals surface area contributed by atoms with Crippen molar-refractivity contribution in [1.82, 2.24) is 4.72 Å². The molecule has 220 valence electrons. The normalized spacial score (nSPS) is 20.7. The first-order valence-electron chi connectivity index (χ1n) is 13.8. The summed E-state index contributed by atoms with van der Waals surface area (Å²) in [4.78, 5) is 1.28. The molecule has 4 aromatic rings. The maximum Gasteiger partial charge on any atom is 0.240 e. The van der Waals surface area contributed by atoms with E-state index in [-0.39, 0.29) is 36.2 Å². The maximum absolute atomic E-state index is 12.6. The van der Waals surface area contributed by atoms with Crippen LogP contribution in [0.1, 0.15) is 41.6 Å². The van der Waals surface area contributed by atoms with Crippen LogP contribution in [0.15, 0.2) is 113 Å². The Morgan fingerprint density at radius 2 is 1.48 bits per heavy atom. The summed E-state index contributed by atoms with van der Waals surface area (Å²) >= 11 is 1.69. The summed E-state index contributed by atoms with van der Waals surface area (Å²) in [6, 6.07) is 31.7. The number of rotatable bonds is 11. The van der Waals surface area contributed by atoms with E-state index in [0.717, 1.165) is 32.9 Å². The highest BCUT2D eigenvalue weighted by molar-refractivity contribution is 7.99. The molecule has 0 aromatic heterocycles. The van der Waals surface area contributed by atoms with Gasteiger partial charge in [-0.3, -0.25) is 0 Å². The van der Waals surface area contributed by atoms with Gasteiger partial charge in [-0.25, -0.2) is 13.1 Å². The Labute approximate surface area is 251 Å². The predicted octanol–water partition coefficient (Wildman–Crippen LogP) is 6.25. The van der Waals surface area contributed by atoms with Gasteiger partial charge in [0.25, 0.3) is 0 Å². The Morgan fingerprint density at radius 1 is 0.833 bits per heavy atom. The highest BCUT2D eigenvalue weighted by Gasteiger charge is 2.38. The number of aliphatic hydroxyl groups excluding tert-OH is 1. The fourth-order valence-electron chi connectivity index (χ4n) is 4.87. The molecule has 1 fully saturated rings. The van der Waals surface area contributed by atoms with Gasteiger partial charge in [0.1, 0.15) is 5.75 Å². The second kappa shape index (κ2) is 13.9. The lowest BCUT2D eigenvalue weighted by Crippen LogP contribution is -2.38. The number of hydrogen-bond acceptors (Lipinski definition) is 7. The predicted molar refractivity (Wildman–Crippen MR) is 164 cm³/mol. The second-order valence-electron chi connectivity index (χ2n) is 10.2. The minimum absolute atomic E-state index is 0.0148.